The Hall–Kier alpha value is -4.20. The quantitative estimate of drug-likeness (QED) is 0.216. The summed E-state index contributed by atoms with van der Waals surface area (Å²) >= 11 is 0. The van der Waals surface area contributed by atoms with E-state index >= 15 is 0 Å². The molecule has 2 aromatic carbocycles. The van der Waals surface area contributed by atoms with E-state index in [1.807, 2.05) is 31.2 Å². The highest BCUT2D eigenvalue weighted by atomic mass is 16.6. The van der Waals surface area contributed by atoms with Crippen LogP contribution in [-0.2, 0) is 11.3 Å². The Morgan fingerprint density at radius 1 is 1.13 bits per heavy atom. The van der Waals surface area contributed by atoms with Crippen LogP contribution >= 0.6 is 0 Å². The van der Waals surface area contributed by atoms with E-state index in [9.17, 15) is 19.7 Å². The molecule has 3 amide bonds. The molecule has 1 aliphatic rings. The molecule has 0 aliphatic carbocycles. The molecule has 8 nitrogen and oxygen atoms in total. The van der Waals surface area contributed by atoms with Crippen molar-refractivity contribution in [1.29, 1.82) is 0 Å². The zero-order chi connectivity index (χ0) is 22.1. The Balaban J connectivity index is 1.76. The highest BCUT2D eigenvalue weighted by Crippen LogP contribution is 2.29. The number of non-ortho nitro benzene ring substituents is 1. The molecule has 0 bridgehead atoms. The number of carbonyl (C=O) groups excluding carboxylic acids is 2. The summed E-state index contributed by atoms with van der Waals surface area (Å²) in [6.07, 6.45) is 3.20. The lowest BCUT2D eigenvalue weighted by molar-refractivity contribution is -0.384. The van der Waals surface area contributed by atoms with Crippen LogP contribution < -0.4 is 5.32 Å². The summed E-state index contributed by atoms with van der Waals surface area (Å²) in [5.41, 5.74) is 3.88. The molecule has 0 radical (unpaired) electrons. The van der Waals surface area contributed by atoms with Gasteiger partial charge in [0.05, 0.1) is 4.92 Å². The molecule has 0 spiro atoms. The van der Waals surface area contributed by atoms with Gasteiger partial charge in [0.1, 0.15) is 5.70 Å². The number of hydrogen-bond donors (Lipinski definition) is 1. The summed E-state index contributed by atoms with van der Waals surface area (Å²) in [5.74, 6) is -0.392. The number of nitrogens with one attached hydrogen (secondary N) is 1. The van der Waals surface area contributed by atoms with Gasteiger partial charge in [0, 0.05) is 47.4 Å². The lowest BCUT2D eigenvalue weighted by Gasteiger charge is -2.09. The number of carbonyl (C=O) groups is 2. The van der Waals surface area contributed by atoms with E-state index in [0.717, 1.165) is 32.6 Å². The van der Waals surface area contributed by atoms with Crippen molar-refractivity contribution in [2.45, 2.75) is 13.5 Å². The summed E-state index contributed by atoms with van der Waals surface area (Å²) in [6.45, 7) is 6.18. The number of nitro benzene ring substituents is 1. The lowest BCUT2D eigenvalue weighted by Crippen LogP contribution is -2.30. The molecule has 4 rings (SSSR count). The molecule has 8 heteroatoms. The summed E-state index contributed by atoms with van der Waals surface area (Å²) in [4.78, 5) is 36.3. The van der Waals surface area contributed by atoms with Gasteiger partial charge in [-0.1, -0.05) is 36.4 Å². The Labute approximate surface area is 178 Å². The second kappa shape index (κ2) is 7.91. The van der Waals surface area contributed by atoms with Gasteiger partial charge in [-0.25, -0.2) is 4.79 Å². The largest absolute Gasteiger partial charge is 0.340 e. The van der Waals surface area contributed by atoms with Crippen LogP contribution in [0, 0.1) is 17.0 Å². The molecular weight excluding hydrogens is 396 g/mol. The van der Waals surface area contributed by atoms with Crippen molar-refractivity contribution in [3.63, 3.8) is 0 Å². The second-order valence-electron chi connectivity index (χ2n) is 7.22. The van der Waals surface area contributed by atoms with Gasteiger partial charge in [0.25, 0.3) is 11.6 Å². The Morgan fingerprint density at radius 3 is 2.52 bits per heavy atom. The number of fused-ring (bicyclic) bond motifs is 1. The average Bonchev–Trinajstić information content (AvgIpc) is 3.18. The number of nitrogens with zero attached hydrogens (tertiary/aromatic N) is 3. The number of nitro groups is 1. The van der Waals surface area contributed by atoms with E-state index in [-0.39, 0.29) is 17.9 Å². The monoisotopic (exact) mass is 416 g/mol. The van der Waals surface area contributed by atoms with Gasteiger partial charge < -0.3 is 9.88 Å². The fourth-order valence-electron chi connectivity index (χ4n) is 3.76. The molecule has 1 aliphatic heterocycles. The molecule has 1 N–H and O–H groups in total. The molecule has 3 aromatic rings. The van der Waals surface area contributed by atoms with Gasteiger partial charge in [-0.15, -0.1) is 6.58 Å². The number of rotatable bonds is 6. The molecule has 1 saturated heterocycles. The fraction of sp³-hybridized carbons (Fsp3) is 0.130. The molecule has 0 saturated carbocycles. The van der Waals surface area contributed by atoms with Crippen molar-refractivity contribution in [2.75, 3.05) is 6.54 Å². The first-order valence-corrected chi connectivity index (χ1v) is 9.67. The van der Waals surface area contributed by atoms with E-state index in [0.29, 0.717) is 6.54 Å². The van der Waals surface area contributed by atoms with E-state index in [2.05, 4.69) is 16.5 Å². The summed E-state index contributed by atoms with van der Waals surface area (Å²) in [6, 6.07) is 13.8. The molecular formula is C23H20N4O4. The van der Waals surface area contributed by atoms with E-state index in [1.54, 1.807) is 18.2 Å². The van der Waals surface area contributed by atoms with Crippen LogP contribution in [0.1, 0.15) is 16.8 Å². The molecule has 156 valence electrons. The predicted molar refractivity (Wildman–Crippen MR) is 117 cm³/mol. The minimum Gasteiger partial charge on any atom is -0.340 e. The molecule has 31 heavy (non-hydrogen) atoms. The number of benzene rings is 2. The zero-order valence-corrected chi connectivity index (χ0v) is 16.9. The van der Waals surface area contributed by atoms with Crippen molar-refractivity contribution < 1.29 is 14.5 Å². The average molecular weight is 416 g/mol. The first-order chi connectivity index (χ1) is 14.9. The third kappa shape index (κ3) is 3.59. The molecule has 1 fully saturated rings. The molecule has 0 unspecified atom stereocenters. The third-order valence-electron chi connectivity index (χ3n) is 5.33. The highest BCUT2D eigenvalue weighted by molar-refractivity contribution is 6.14. The van der Waals surface area contributed by atoms with Gasteiger partial charge >= 0.3 is 6.03 Å². The number of amides is 3. The van der Waals surface area contributed by atoms with Crippen LogP contribution in [0.2, 0.25) is 0 Å². The number of imide groups is 1. The van der Waals surface area contributed by atoms with Crippen molar-refractivity contribution in [3.05, 3.63) is 93.8 Å². The normalized spacial score (nSPS) is 15.0. The Morgan fingerprint density at radius 2 is 1.84 bits per heavy atom. The van der Waals surface area contributed by atoms with Crippen molar-refractivity contribution in [3.8, 4) is 0 Å². The molecule has 0 atom stereocenters. The van der Waals surface area contributed by atoms with Crippen LogP contribution in [0.25, 0.3) is 17.0 Å². The number of urea groups is 1. The van der Waals surface area contributed by atoms with Crippen molar-refractivity contribution in [2.24, 2.45) is 0 Å². The minimum absolute atomic E-state index is 0.0443. The smallest absolute Gasteiger partial charge is 0.329 e. The predicted octanol–water partition coefficient (Wildman–Crippen LogP) is 3.98. The van der Waals surface area contributed by atoms with Crippen LogP contribution in [0.15, 0.2) is 66.9 Å². The van der Waals surface area contributed by atoms with Gasteiger partial charge in [0.15, 0.2) is 0 Å². The fourth-order valence-corrected chi connectivity index (χ4v) is 3.76. The minimum atomic E-state index is -0.469. The van der Waals surface area contributed by atoms with Crippen molar-refractivity contribution in [1.82, 2.24) is 14.8 Å². The maximum Gasteiger partial charge on any atom is 0.329 e. The number of hydrogen-bond acceptors (Lipinski definition) is 4. The Bertz CT molecular complexity index is 1250. The van der Waals surface area contributed by atoms with Crippen LogP contribution in [0.3, 0.4) is 0 Å². The van der Waals surface area contributed by atoms with E-state index in [1.165, 1.54) is 18.2 Å². The summed E-state index contributed by atoms with van der Waals surface area (Å²) in [7, 11) is 0. The Kier molecular flexibility index (Phi) is 5.12. The van der Waals surface area contributed by atoms with Gasteiger partial charge in [-0.3, -0.25) is 19.8 Å². The summed E-state index contributed by atoms with van der Waals surface area (Å²) < 4.78 is 2.09. The van der Waals surface area contributed by atoms with E-state index in [4.69, 9.17) is 0 Å². The number of para-hydroxylation sites is 1. The topological polar surface area (TPSA) is 97.5 Å². The first kappa shape index (κ1) is 20.1. The van der Waals surface area contributed by atoms with Crippen LogP contribution in [0.5, 0.6) is 0 Å². The maximum atomic E-state index is 12.6. The number of aromatic nitrogens is 1. The van der Waals surface area contributed by atoms with Crippen molar-refractivity contribution >= 4 is 34.6 Å². The van der Waals surface area contributed by atoms with Crippen LogP contribution in [0.4, 0.5) is 10.5 Å². The standard InChI is InChI=1S/C23H20N4O4/c1-3-12-25-22(28)20(24-23(25)29)13-19-15(2)26(21-7-5-4-6-18(19)21)14-16-8-10-17(11-9-16)27(30)31/h3-11,13H,1,12,14H2,2H3,(H,24,29)/b20-13+. The zero-order valence-electron chi connectivity index (χ0n) is 16.9. The first-order valence-electron chi connectivity index (χ1n) is 9.67. The van der Waals surface area contributed by atoms with Crippen LogP contribution in [-0.4, -0.2) is 32.9 Å². The maximum absolute atomic E-state index is 12.6. The molecule has 2 heterocycles. The third-order valence-corrected chi connectivity index (χ3v) is 5.33. The highest BCUT2D eigenvalue weighted by Gasteiger charge is 2.33. The van der Waals surface area contributed by atoms with Gasteiger partial charge in [-0.05, 0) is 24.6 Å². The summed E-state index contributed by atoms with van der Waals surface area (Å²) in [5, 5.41) is 14.5. The SMILES string of the molecule is C=CCN1C(=O)N/C(=C/c2c(C)n(Cc3ccc([N+](=O)[O-])cc3)c3ccccc23)C1=O. The van der Waals surface area contributed by atoms with Gasteiger partial charge in [0.2, 0.25) is 0 Å². The second-order valence-corrected chi connectivity index (χ2v) is 7.22. The van der Waals surface area contributed by atoms with Gasteiger partial charge in [-0.2, -0.15) is 0 Å². The lowest BCUT2D eigenvalue weighted by atomic mass is 10.1. The molecule has 1 aromatic heterocycles. The van der Waals surface area contributed by atoms with E-state index < -0.39 is 16.9 Å².